The Balaban J connectivity index is 0.00000280. The number of nitrogens with zero attached hydrogens (tertiary/aromatic N) is 4. The third-order valence-corrected chi connectivity index (χ3v) is 5.27. The van der Waals surface area contributed by atoms with Gasteiger partial charge in [-0.3, -0.25) is 9.67 Å². The zero-order valence-corrected chi connectivity index (χ0v) is 19.5. The van der Waals surface area contributed by atoms with E-state index in [4.69, 9.17) is 4.99 Å². The molecular weight excluding hydrogens is 468 g/mol. The van der Waals surface area contributed by atoms with Crippen molar-refractivity contribution in [3.05, 3.63) is 53.6 Å². The molecule has 3 rings (SSSR count). The summed E-state index contributed by atoms with van der Waals surface area (Å²) in [5.41, 5.74) is 2.23. The normalized spacial score (nSPS) is 17.5. The molecule has 0 bridgehead atoms. The van der Waals surface area contributed by atoms with Gasteiger partial charge in [-0.15, -0.1) is 24.0 Å². The van der Waals surface area contributed by atoms with Crippen molar-refractivity contribution in [3.63, 3.8) is 0 Å². The number of aliphatic imine (C=N–C) groups is 1. The first-order valence-corrected chi connectivity index (χ1v) is 9.67. The van der Waals surface area contributed by atoms with Gasteiger partial charge in [-0.25, -0.2) is 4.39 Å². The Kier molecular flexibility index (Phi) is 7.86. The fraction of sp³-hybridized carbons (Fsp3) is 0.524. The van der Waals surface area contributed by atoms with Crippen LogP contribution in [0.2, 0.25) is 0 Å². The smallest absolute Gasteiger partial charge is 0.193 e. The summed E-state index contributed by atoms with van der Waals surface area (Å²) < 4.78 is 15.1. The molecule has 0 aliphatic carbocycles. The van der Waals surface area contributed by atoms with Crippen LogP contribution in [-0.4, -0.2) is 46.8 Å². The van der Waals surface area contributed by atoms with E-state index in [-0.39, 0.29) is 35.2 Å². The summed E-state index contributed by atoms with van der Waals surface area (Å²) in [7, 11) is 1.96. The highest BCUT2D eigenvalue weighted by molar-refractivity contribution is 14.0. The van der Waals surface area contributed by atoms with Crippen molar-refractivity contribution in [1.82, 2.24) is 20.0 Å². The Morgan fingerprint density at radius 2 is 2.04 bits per heavy atom. The SMILES string of the molecule is CCNC(=NCC(C)(C)c1ccc(F)cc1)N1CCC(c2cnn(C)c2)C1.I. The van der Waals surface area contributed by atoms with E-state index in [0.717, 1.165) is 37.6 Å². The van der Waals surface area contributed by atoms with Crippen molar-refractivity contribution < 1.29 is 4.39 Å². The number of hydrogen-bond donors (Lipinski definition) is 1. The second kappa shape index (κ2) is 9.71. The van der Waals surface area contributed by atoms with Crippen molar-refractivity contribution in [2.75, 3.05) is 26.2 Å². The molecule has 1 aliphatic heterocycles. The van der Waals surface area contributed by atoms with E-state index < -0.39 is 0 Å². The second-order valence-corrected chi connectivity index (χ2v) is 7.94. The lowest BCUT2D eigenvalue weighted by atomic mass is 9.85. The minimum atomic E-state index is -0.204. The zero-order valence-electron chi connectivity index (χ0n) is 17.2. The maximum Gasteiger partial charge on any atom is 0.193 e. The number of benzene rings is 1. The van der Waals surface area contributed by atoms with Gasteiger partial charge in [0.25, 0.3) is 0 Å². The summed E-state index contributed by atoms with van der Waals surface area (Å²) in [5.74, 6) is 1.25. The van der Waals surface area contributed by atoms with Crippen molar-refractivity contribution in [2.45, 2.75) is 38.5 Å². The van der Waals surface area contributed by atoms with Gasteiger partial charge in [0.05, 0.1) is 12.7 Å². The van der Waals surface area contributed by atoms with E-state index in [1.807, 2.05) is 30.1 Å². The van der Waals surface area contributed by atoms with Crippen LogP contribution in [0.25, 0.3) is 0 Å². The van der Waals surface area contributed by atoms with Gasteiger partial charge in [-0.05, 0) is 36.6 Å². The van der Waals surface area contributed by atoms with E-state index in [1.165, 1.54) is 17.7 Å². The van der Waals surface area contributed by atoms with Crippen molar-refractivity contribution in [3.8, 4) is 0 Å². The Morgan fingerprint density at radius 1 is 1.32 bits per heavy atom. The van der Waals surface area contributed by atoms with Crippen LogP contribution >= 0.6 is 24.0 Å². The number of guanidine groups is 1. The maximum absolute atomic E-state index is 13.2. The molecule has 1 unspecified atom stereocenters. The van der Waals surface area contributed by atoms with Crippen LogP contribution in [0.4, 0.5) is 4.39 Å². The molecule has 2 aromatic rings. The first-order valence-electron chi connectivity index (χ1n) is 9.67. The number of nitrogens with one attached hydrogen (secondary N) is 1. The maximum atomic E-state index is 13.2. The van der Waals surface area contributed by atoms with Gasteiger partial charge in [0, 0.05) is 44.2 Å². The Labute approximate surface area is 184 Å². The summed E-state index contributed by atoms with van der Waals surface area (Å²) in [5, 5.41) is 7.73. The molecule has 7 heteroatoms. The van der Waals surface area contributed by atoms with E-state index >= 15 is 0 Å². The summed E-state index contributed by atoms with van der Waals surface area (Å²) in [6.07, 6.45) is 5.18. The first-order chi connectivity index (χ1) is 12.9. The minimum Gasteiger partial charge on any atom is -0.357 e. The Morgan fingerprint density at radius 3 is 2.64 bits per heavy atom. The zero-order chi connectivity index (χ0) is 19.4. The standard InChI is InChI=1S/C21H30FN5.HI/c1-5-23-20(24-15-21(2,3)18-6-8-19(22)9-7-18)27-11-10-16(14-27)17-12-25-26(4)13-17;/h6-9,12-13,16H,5,10-11,14-15H2,1-4H3,(H,23,24);1H. The molecule has 0 spiro atoms. The Bertz CT molecular complexity index is 784. The molecule has 28 heavy (non-hydrogen) atoms. The third-order valence-electron chi connectivity index (χ3n) is 5.27. The largest absolute Gasteiger partial charge is 0.357 e. The molecule has 0 amide bonds. The molecule has 1 aromatic heterocycles. The van der Waals surface area contributed by atoms with Crippen LogP contribution in [0.1, 0.15) is 44.2 Å². The quantitative estimate of drug-likeness (QED) is 0.386. The highest BCUT2D eigenvalue weighted by atomic mass is 127. The highest BCUT2D eigenvalue weighted by Crippen LogP contribution is 2.27. The molecule has 1 atom stereocenters. The van der Waals surface area contributed by atoms with Crippen molar-refractivity contribution in [2.24, 2.45) is 12.0 Å². The van der Waals surface area contributed by atoms with Gasteiger partial charge in [0.2, 0.25) is 0 Å². The highest BCUT2D eigenvalue weighted by Gasteiger charge is 2.28. The average Bonchev–Trinajstić information content (AvgIpc) is 3.28. The molecule has 1 fully saturated rings. The summed E-state index contributed by atoms with van der Waals surface area (Å²) >= 11 is 0. The number of likely N-dealkylation sites (tertiary alicyclic amines) is 1. The third kappa shape index (κ3) is 5.46. The van der Waals surface area contributed by atoms with Gasteiger partial charge >= 0.3 is 0 Å². The predicted molar refractivity (Wildman–Crippen MR) is 123 cm³/mol. The van der Waals surface area contributed by atoms with Crippen LogP contribution < -0.4 is 5.32 Å². The molecule has 154 valence electrons. The molecule has 0 saturated carbocycles. The van der Waals surface area contributed by atoms with E-state index in [2.05, 4.69) is 42.3 Å². The van der Waals surface area contributed by atoms with Crippen molar-refractivity contribution in [1.29, 1.82) is 0 Å². The Hall–Kier alpha value is -1.64. The first kappa shape index (κ1) is 22.6. The minimum absolute atomic E-state index is 0. The molecular formula is C21H31FIN5. The molecule has 1 aliphatic rings. The number of aryl methyl sites for hydroxylation is 1. The monoisotopic (exact) mass is 499 g/mol. The molecule has 1 N–H and O–H groups in total. The number of rotatable bonds is 5. The van der Waals surface area contributed by atoms with Crippen LogP contribution in [-0.2, 0) is 12.5 Å². The number of aromatic nitrogens is 2. The van der Waals surface area contributed by atoms with Gasteiger partial charge in [-0.1, -0.05) is 26.0 Å². The fourth-order valence-corrected chi connectivity index (χ4v) is 3.57. The van der Waals surface area contributed by atoms with Gasteiger partial charge < -0.3 is 10.2 Å². The van der Waals surface area contributed by atoms with Crippen LogP contribution in [0.15, 0.2) is 41.7 Å². The average molecular weight is 499 g/mol. The lowest BCUT2D eigenvalue weighted by molar-refractivity contribution is 0.474. The van der Waals surface area contributed by atoms with E-state index in [9.17, 15) is 4.39 Å². The van der Waals surface area contributed by atoms with Gasteiger partial charge in [0.1, 0.15) is 5.82 Å². The molecule has 5 nitrogen and oxygen atoms in total. The number of halogens is 2. The number of hydrogen-bond acceptors (Lipinski definition) is 2. The summed E-state index contributed by atoms with van der Waals surface area (Å²) in [6.45, 7) is 9.82. The molecule has 0 radical (unpaired) electrons. The van der Waals surface area contributed by atoms with E-state index in [1.54, 1.807) is 0 Å². The van der Waals surface area contributed by atoms with Crippen LogP contribution in [0.5, 0.6) is 0 Å². The predicted octanol–water partition coefficient (Wildman–Crippen LogP) is 3.91. The lowest BCUT2D eigenvalue weighted by Crippen LogP contribution is -2.41. The van der Waals surface area contributed by atoms with Crippen LogP contribution in [0.3, 0.4) is 0 Å². The van der Waals surface area contributed by atoms with Crippen molar-refractivity contribution >= 4 is 29.9 Å². The topological polar surface area (TPSA) is 45.5 Å². The van der Waals surface area contributed by atoms with E-state index in [0.29, 0.717) is 12.5 Å². The van der Waals surface area contributed by atoms with Crippen LogP contribution in [0, 0.1) is 5.82 Å². The fourth-order valence-electron chi connectivity index (χ4n) is 3.57. The molecule has 1 aromatic carbocycles. The molecule has 1 saturated heterocycles. The lowest BCUT2D eigenvalue weighted by Gasteiger charge is -2.26. The second-order valence-electron chi connectivity index (χ2n) is 7.94. The summed E-state index contributed by atoms with van der Waals surface area (Å²) in [6, 6.07) is 6.74. The van der Waals surface area contributed by atoms with Gasteiger partial charge in [0.15, 0.2) is 5.96 Å². The summed E-state index contributed by atoms with van der Waals surface area (Å²) in [4.78, 5) is 7.25. The molecule has 2 heterocycles. The van der Waals surface area contributed by atoms with Gasteiger partial charge in [-0.2, -0.15) is 5.10 Å².